The van der Waals surface area contributed by atoms with Crippen LogP contribution in [0, 0.1) is 41.7 Å². The first-order valence-corrected chi connectivity index (χ1v) is 7.86. The molecule has 1 aromatic rings. The van der Waals surface area contributed by atoms with E-state index in [9.17, 15) is 5.11 Å². The second-order valence-corrected chi connectivity index (χ2v) is 7.19. The molecule has 0 spiro atoms. The molecule has 27 heavy (non-hydrogen) atoms. The molecule has 150 valence electrons. The number of hydrogen-bond donors (Lipinski definition) is 1. The fourth-order valence-corrected chi connectivity index (χ4v) is 3.34. The minimum atomic E-state index is 0. The Bertz CT molecular complexity index is 575. The summed E-state index contributed by atoms with van der Waals surface area (Å²) in [6, 6.07) is 0. The predicted octanol–water partition coefficient (Wildman–Crippen LogP) is 5.47. The SMILES string of the molecule is CC1=[C-]CC=C1.Cc1c(C)c(O)c([Si])c(C(C)(C)C)c1C.Cl.Cl.[CH3-].[CH3-].[Si].[Ti+3]. The van der Waals surface area contributed by atoms with Crippen molar-refractivity contribution < 1.29 is 26.8 Å². The number of benzene rings is 1. The number of phenols is 1. The third kappa shape index (κ3) is 11.1. The topological polar surface area (TPSA) is 20.2 Å². The zero-order valence-electron chi connectivity index (χ0n) is 18.1. The number of aromatic hydroxyl groups is 1. The van der Waals surface area contributed by atoms with Crippen LogP contribution in [0.5, 0.6) is 5.75 Å². The normalized spacial score (nSPS) is 10.7. The van der Waals surface area contributed by atoms with Crippen molar-refractivity contribution in [2.45, 2.75) is 60.3 Å². The summed E-state index contributed by atoms with van der Waals surface area (Å²) in [5.41, 5.74) is 5.92. The molecule has 0 heterocycles. The molecule has 1 aliphatic rings. The van der Waals surface area contributed by atoms with Gasteiger partial charge < -0.3 is 20.0 Å². The van der Waals surface area contributed by atoms with Crippen molar-refractivity contribution in [2.24, 2.45) is 0 Å². The molecule has 0 amide bonds. The van der Waals surface area contributed by atoms with Gasteiger partial charge in [0.25, 0.3) is 0 Å². The maximum Gasteiger partial charge on any atom is 3.00 e. The smallest absolute Gasteiger partial charge is 0.508 e. The van der Waals surface area contributed by atoms with E-state index >= 15 is 0 Å². The Morgan fingerprint density at radius 3 is 1.67 bits per heavy atom. The van der Waals surface area contributed by atoms with Crippen LogP contribution < -0.4 is 5.19 Å². The first-order valence-electron chi connectivity index (χ1n) is 7.36. The number of hydrogen-bond acceptors (Lipinski definition) is 1. The van der Waals surface area contributed by atoms with Gasteiger partial charge in [-0.15, -0.1) is 31.2 Å². The van der Waals surface area contributed by atoms with Crippen molar-refractivity contribution in [1.82, 2.24) is 0 Å². The van der Waals surface area contributed by atoms with Crippen LogP contribution in [0.4, 0.5) is 0 Å². The average Bonchev–Trinajstić information content (AvgIpc) is 2.84. The molecular formula is C21H34Cl2OSi2Ti. The standard InChI is InChI=1S/C13H19OSi.C6H7.2CH3.2ClH.Si.Ti/c1-7-8(2)10(13(4,5)6)12(15)11(14)9(7)3;1-6-4-2-3-5-6;;;;;;/h14H,1-6H3;2,4H,3H2,1H3;2*1H3;2*1H;;/q;3*-1;;;;+3. The molecule has 6 heteroatoms. The number of rotatable bonds is 0. The van der Waals surface area contributed by atoms with E-state index in [4.69, 9.17) is 0 Å². The maximum atomic E-state index is 10.0. The quantitative estimate of drug-likeness (QED) is 0.389. The summed E-state index contributed by atoms with van der Waals surface area (Å²) >= 11 is 0. The molecule has 1 aromatic carbocycles. The molecule has 1 aliphatic carbocycles. The van der Waals surface area contributed by atoms with Crippen LogP contribution in [-0.2, 0) is 27.1 Å². The van der Waals surface area contributed by atoms with E-state index in [1.165, 1.54) is 22.3 Å². The molecule has 0 bridgehead atoms. The second kappa shape index (κ2) is 17.1. The van der Waals surface area contributed by atoms with Gasteiger partial charge in [-0.1, -0.05) is 27.7 Å². The van der Waals surface area contributed by atoms with Crippen molar-refractivity contribution in [2.75, 3.05) is 0 Å². The predicted molar refractivity (Wildman–Crippen MR) is 126 cm³/mol. The van der Waals surface area contributed by atoms with E-state index in [-0.39, 0.29) is 77.8 Å². The van der Waals surface area contributed by atoms with Gasteiger partial charge >= 0.3 is 21.7 Å². The average molecular weight is 477 g/mol. The molecule has 0 atom stereocenters. The molecule has 0 aliphatic heterocycles. The first kappa shape index (κ1) is 41.6. The van der Waals surface area contributed by atoms with Gasteiger partial charge in [-0.05, 0) is 53.6 Å². The molecule has 0 saturated carbocycles. The van der Waals surface area contributed by atoms with E-state index in [0.717, 1.165) is 17.2 Å². The van der Waals surface area contributed by atoms with Crippen molar-refractivity contribution in [3.8, 4) is 5.75 Å². The second-order valence-electron chi connectivity index (χ2n) is 6.69. The fourth-order valence-electron chi connectivity index (χ4n) is 2.59. The third-order valence-electron chi connectivity index (χ3n) is 3.96. The first-order chi connectivity index (χ1) is 9.57. The van der Waals surface area contributed by atoms with Crippen molar-refractivity contribution >= 4 is 51.2 Å². The van der Waals surface area contributed by atoms with Gasteiger partial charge in [-0.2, -0.15) is 6.08 Å². The maximum absolute atomic E-state index is 10.0. The van der Waals surface area contributed by atoms with Gasteiger partial charge in [-0.25, -0.2) is 11.6 Å². The van der Waals surface area contributed by atoms with E-state index in [0.29, 0.717) is 5.75 Å². The van der Waals surface area contributed by atoms with Crippen molar-refractivity contribution in [3.05, 3.63) is 60.9 Å². The molecule has 2 rings (SSSR count). The Hall–Kier alpha value is 0.228. The Morgan fingerprint density at radius 1 is 0.963 bits per heavy atom. The summed E-state index contributed by atoms with van der Waals surface area (Å²) in [6.45, 7) is 14.7. The molecule has 8 radical (unpaired) electrons. The summed E-state index contributed by atoms with van der Waals surface area (Å²) in [5, 5.41) is 10.8. The van der Waals surface area contributed by atoms with E-state index in [1.54, 1.807) is 0 Å². The summed E-state index contributed by atoms with van der Waals surface area (Å²) in [7, 11) is 3.56. The van der Waals surface area contributed by atoms with Crippen molar-refractivity contribution in [3.63, 3.8) is 0 Å². The van der Waals surface area contributed by atoms with Crippen LogP contribution in [-0.4, -0.2) is 26.3 Å². The molecule has 1 nitrogen and oxygen atoms in total. The Morgan fingerprint density at radius 2 is 1.41 bits per heavy atom. The van der Waals surface area contributed by atoms with E-state index in [2.05, 4.69) is 70.0 Å². The zero-order valence-corrected chi connectivity index (χ0v) is 23.3. The van der Waals surface area contributed by atoms with Crippen LogP contribution in [0.25, 0.3) is 0 Å². The summed E-state index contributed by atoms with van der Waals surface area (Å²) in [5.74, 6) is 0.375. The Labute approximate surface area is 204 Å². The van der Waals surface area contributed by atoms with Gasteiger partial charge in [0.05, 0.1) is 10.2 Å². The molecule has 0 saturated heterocycles. The number of phenolic OH excluding ortho intramolecular Hbond substituents is 1. The van der Waals surface area contributed by atoms with Gasteiger partial charge in [0.1, 0.15) is 5.75 Å². The number of allylic oxidation sites excluding steroid dienone is 4. The molecule has 0 unspecified atom stereocenters. The van der Waals surface area contributed by atoms with Gasteiger partial charge in [0.15, 0.2) is 0 Å². The van der Waals surface area contributed by atoms with Crippen molar-refractivity contribution in [1.29, 1.82) is 0 Å². The van der Waals surface area contributed by atoms with Gasteiger partial charge in [-0.3, -0.25) is 6.08 Å². The molecular weight excluding hydrogens is 443 g/mol. The summed E-state index contributed by atoms with van der Waals surface area (Å²) < 4.78 is 0. The summed E-state index contributed by atoms with van der Waals surface area (Å²) in [4.78, 5) is 0. The van der Waals surface area contributed by atoms with Crippen LogP contribution in [0.1, 0.15) is 56.4 Å². The molecule has 1 N–H and O–H groups in total. The van der Waals surface area contributed by atoms with Crippen LogP contribution in [0.2, 0.25) is 0 Å². The monoisotopic (exact) mass is 476 g/mol. The third-order valence-corrected chi connectivity index (χ3v) is 4.45. The van der Waals surface area contributed by atoms with Crippen LogP contribution >= 0.6 is 24.8 Å². The minimum Gasteiger partial charge on any atom is -0.508 e. The van der Waals surface area contributed by atoms with E-state index < -0.39 is 0 Å². The Balaban J connectivity index is -0.0000000806. The van der Waals surface area contributed by atoms with E-state index in [1.807, 2.05) is 6.92 Å². The zero-order chi connectivity index (χ0) is 16.4. The largest absolute Gasteiger partial charge is 3.00 e. The number of halogens is 2. The summed E-state index contributed by atoms with van der Waals surface area (Å²) in [6.07, 6.45) is 8.33. The minimum absolute atomic E-state index is 0. The van der Waals surface area contributed by atoms with Crippen LogP contribution in [0.3, 0.4) is 0 Å². The Kier molecular flexibility index (Phi) is 26.4. The molecule has 0 aromatic heterocycles. The molecule has 0 fully saturated rings. The van der Waals surface area contributed by atoms with Crippen LogP contribution in [0.15, 0.2) is 17.7 Å². The van der Waals surface area contributed by atoms with Gasteiger partial charge in [0, 0.05) is 11.0 Å². The van der Waals surface area contributed by atoms with Gasteiger partial charge in [0.2, 0.25) is 0 Å². The fraction of sp³-hybridized carbons (Fsp3) is 0.429.